The van der Waals surface area contributed by atoms with Gasteiger partial charge in [0.15, 0.2) is 0 Å². The molecule has 2 heterocycles. The molecule has 0 bridgehead atoms. The van der Waals surface area contributed by atoms with Crippen LogP contribution in [0.4, 0.5) is 0 Å². The van der Waals surface area contributed by atoms with Crippen molar-refractivity contribution in [2.75, 3.05) is 41.5 Å². The molecule has 0 radical (unpaired) electrons. The van der Waals surface area contributed by atoms with Gasteiger partial charge in [0.25, 0.3) is 16.6 Å². The fourth-order valence-corrected chi connectivity index (χ4v) is 19.9. The number of hydrogen-bond acceptors (Lipinski definition) is 10. The third kappa shape index (κ3) is 18.9. The molecular weight excluding hydrogens is 1130 g/mol. The molecule has 450 valence electrons. The topological polar surface area (TPSA) is 152 Å². The third-order valence-corrected chi connectivity index (χ3v) is 25.2. The van der Waals surface area contributed by atoms with Crippen molar-refractivity contribution < 1.29 is 63.1 Å². The summed E-state index contributed by atoms with van der Waals surface area (Å²) in [5.74, 6) is 1.31. The van der Waals surface area contributed by atoms with E-state index in [1.165, 1.54) is 44.0 Å². The molecule has 2 N–H and O–H groups in total. The summed E-state index contributed by atoms with van der Waals surface area (Å²) in [6, 6.07) is 60.3. The normalized spacial score (nSPS) is 12.1. The number of hydrogen-bond donors (Lipinski definition) is 1. The Hall–Kier alpha value is -5.64. The summed E-state index contributed by atoms with van der Waals surface area (Å²) in [7, 11) is 4.93. The summed E-state index contributed by atoms with van der Waals surface area (Å²) >= 11 is 0. The number of benzene rings is 6. The Morgan fingerprint density at radius 2 is 0.918 bits per heavy atom. The van der Waals surface area contributed by atoms with Crippen LogP contribution in [0, 0.1) is 11.8 Å². The molecule has 13 nitrogen and oxygen atoms in total. The van der Waals surface area contributed by atoms with Crippen molar-refractivity contribution >= 4 is 62.0 Å². The molecule has 8 aromatic rings. The van der Waals surface area contributed by atoms with Crippen LogP contribution in [0.5, 0.6) is 0 Å². The minimum absolute atomic E-state index is 0. The molecule has 0 spiro atoms. The molecule has 0 saturated heterocycles. The first-order valence-corrected chi connectivity index (χ1v) is 32.2. The number of carbonyl (C=O) groups excluding carboxylic acids is 2. The van der Waals surface area contributed by atoms with Crippen LogP contribution in [0.25, 0.3) is 22.5 Å². The molecule has 2 aromatic heterocycles. The summed E-state index contributed by atoms with van der Waals surface area (Å²) in [6.07, 6.45) is 9.53. The van der Waals surface area contributed by atoms with Crippen molar-refractivity contribution in [3.63, 3.8) is 0 Å². The van der Waals surface area contributed by atoms with Crippen molar-refractivity contribution in [3.05, 3.63) is 205 Å². The molecule has 2 atom stereocenters. The van der Waals surface area contributed by atoms with Crippen molar-refractivity contribution in [2.24, 2.45) is 25.9 Å². The van der Waals surface area contributed by atoms with Gasteiger partial charge in [-0.25, -0.2) is 15.5 Å². The number of aryl methyl sites for hydroxylation is 2. The molecule has 0 saturated carbocycles. The summed E-state index contributed by atoms with van der Waals surface area (Å²) < 4.78 is 17.6. The smallest absolute Gasteiger partial charge is 0.870 e. The number of imidazole rings is 2. The van der Waals surface area contributed by atoms with E-state index in [1.54, 1.807) is 30.3 Å². The van der Waals surface area contributed by atoms with Crippen LogP contribution < -0.4 is 55.8 Å². The molecule has 6 aromatic carbocycles. The average molecular weight is 1220 g/mol. The number of nitrogens with one attached hydrogen (secondary N) is 1. The van der Waals surface area contributed by atoms with Gasteiger partial charge in [0, 0.05) is 64.9 Å². The van der Waals surface area contributed by atoms with E-state index < -0.39 is 16.6 Å². The van der Waals surface area contributed by atoms with Crippen LogP contribution in [0.3, 0.4) is 0 Å². The monoisotopic (exact) mass is 1220 g/mol. The Kier molecular flexibility index (Phi) is 30.0. The van der Waals surface area contributed by atoms with Crippen molar-refractivity contribution in [3.8, 4) is 22.5 Å². The molecular formula is C68H89ClN6NaO7Si2-. The number of aromatic nitrogens is 4. The van der Waals surface area contributed by atoms with Gasteiger partial charge < -0.3 is 33.1 Å². The molecule has 0 unspecified atom stereocenters. The van der Waals surface area contributed by atoms with Crippen molar-refractivity contribution in [2.45, 2.75) is 91.1 Å². The van der Waals surface area contributed by atoms with Gasteiger partial charge in [0.1, 0.15) is 0 Å². The maximum absolute atomic E-state index is 12.5. The molecule has 85 heavy (non-hydrogen) atoms. The van der Waals surface area contributed by atoms with Gasteiger partial charge in [-0.1, -0.05) is 225 Å². The zero-order chi connectivity index (χ0) is 59.5. The van der Waals surface area contributed by atoms with Crippen LogP contribution in [-0.4, -0.2) is 100.0 Å². The second-order valence-electron chi connectivity index (χ2n) is 23.2. The minimum atomic E-state index is -2.52. The van der Waals surface area contributed by atoms with E-state index in [4.69, 9.17) is 13.7 Å². The Labute approximate surface area is 537 Å². The fourth-order valence-electron chi connectivity index (χ4n) is 10.7. The molecule has 0 aliphatic carbocycles. The number of amides is 1. The van der Waals surface area contributed by atoms with E-state index in [0.717, 1.165) is 54.8 Å². The van der Waals surface area contributed by atoms with E-state index in [9.17, 15) is 9.59 Å². The SMILES string of the molecule is CNOC.CON(C)C(=O)c1nc(-c2ccc(C[C@H](C)CCO[Si](c3ccccc3)(c3ccccc3)C(C)(C)C)cc2)cn1C.C[C@H](CCO[Si](c1ccccc1)(c1ccccc1)C(C)(C)C)Cc1ccc(-c2cn(C)c([C-]=O)n2)cc1.Cl.[Na+].[OH-]. The quantitative estimate of drug-likeness (QED) is 0.0397. The predicted molar refractivity (Wildman–Crippen MR) is 349 cm³/mol. The van der Waals surface area contributed by atoms with Gasteiger partial charge in [-0.3, -0.25) is 14.6 Å². The van der Waals surface area contributed by atoms with E-state index in [2.05, 4.69) is 246 Å². The molecule has 17 heteroatoms. The number of carbonyl (C=O) groups is 1. The second kappa shape index (κ2) is 34.6. The van der Waals surface area contributed by atoms with Gasteiger partial charge in [-0.15, -0.1) is 12.4 Å². The summed E-state index contributed by atoms with van der Waals surface area (Å²) in [5, 5.41) is 6.41. The summed E-state index contributed by atoms with van der Waals surface area (Å²) in [5.41, 5.74) is 8.53. The average Bonchev–Trinajstić information content (AvgIpc) is 1.81. The number of nitrogens with zero attached hydrogens (tertiary/aromatic N) is 5. The number of halogens is 1. The van der Waals surface area contributed by atoms with E-state index in [-0.39, 0.29) is 63.4 Å². The van der Waals surface area contributed by atoms with Crippen LogP contribution in [-0.2, 0) is 50.3 Å². The van der Waals surface area contributed by atoms with Crippen LogP contribution in [0.2, 0.25) is 10.1 Å². The first-order chi connectivity index (χ1) is 39.2. The van der Waals surface area contributed by atoms with Crippen LogP contribution in [0.15, 0.2) is 182 Å². The first-order valence-electron chi connectivity index (χ1n) is 28.4. The molecule has 0 aliphatic rings. The Morgan fingerprint density at radius 1 is 0.588 bits per heavy atom. The van der Waals surface area contributed by atoms with Gasteiger partial charge in [0.05, 0.1) is 25.6 Å². The van der Waals surface area contributed by atoms with Gasteiger partial charge in [0.2, 0.25) is 5.82 Å². The molecule has 1 amide bonds. The molecule has 8 rings (SSSR count). The van der Waals surface area contributed by atoms with E-state index in [0.29, 0.717) is 30.1 Å². The second-order valence-corrected chi connectivity index (χ2v) is 31.8. The zero-order valence-corrected chi connectivity index (χ0v) is 57.6. The maximum atomic E-state index is 12.5. The maximum Gasteiger partial charge on any atom is 1.00 e. The fraction of sp³-hybridized carbons (Fsp3) is 0.353. The van der Waals surface area contributed by atoms with Gasteiger partial charge in [-0.2, -0.15) is 6.29 Å². The van der Waals surface area contributed by atoms with Gasteiger partial charge in [-0.05, 0) is 85.3 Å². The van der Waals surface area contributed by atoms with E-state index in [1.807, 2.05) is 32.8 Å². The first kappa shape index (κ1) is 73.6. The van der Waals surface area contributed by atoms with Crippen molar-refractivity contribution in [1.29, 1.82) is 0 Å². The van der Waals surface area contributed by atoms with Crippen LogP contribution >= 0.6 is 12.4 Å². The van der Waals surface area contributed by atoms with Gasteiger partial charge >= 0.3 is 35.5 Å². The largest absolute Gasteiger partial charge is 1.00 e. The number of rotatable bonds is 22. The zero-order valence-electron chi connectivity index (χ0n) is 52.8. The summed E-state index contributed by atoms with van der Waals surface area (Å²) in [4.78, 5) is 41.7. The Balaban J connectivity index is 0.000000407. The standard InChI is InChI=1S/C34H43N3O3Si.C32H37N2O2Si.C2H7NO.ClH.Na.H2O/c1-26(24-27-18-20-28(21-19-27)31-25-36(5)32(35-31)33(38)37(6)39-7)22-23-40-41(34(2,3)4,29-14-10-8-11-15-29)30-16-12-9-13-17-30;1-25(22-26-16-18-27(19-17-26)30-23-34(5)31(24-35)33-30)20-21-36-37(32(2,3)4,28-12-8-6-9-13-28)29-14-10-7-11-15-29;1-3-4-2;;;/h8-21,25-26H,22-24H2,1-7H3;6-19,23,25H,20-22H2,1-5H3;3H,1-2H3;1H;;1H2/q;-1;;;+1;/p-1/t26-;25-;;;;/m11..../s1. The molecule has 0 aliphatic heterocycles. The molecule has 0 fully saturated rings. The number of hydroxylamine groups is 3. The van der Waals surface area contributed by atoms with E-state index >= 15 is 0 Å². The Bertz CT molecular complexity index is 3120. The summed E-state index contributed by atoms with van der Waals surface area (Å²) in [6.45, 7) is 20.0. The van der Waals surface area contributed by atoms with Crippen molar-refractivity contribution in [1.82, 2.24) is 29.6 Å². The minimum Gasteiger partial charge on any atom is -0.870 e. The Morgan fingerprint density at radius 3 is 1.21 bits per heavy atom. The van der Waals surface area contributed by atoms with Crippen LogP contribution in [0.1, 0.15) is 95.8 Å². The predicted octanol–water partition coefficient (Wildman–Crippen LogP) is 8.57. The third-order valence-electron chi connectivity index (χ3n) is 15.2.